The van der Waals surface area contributed by atoms with Crippen molar-refractivity contribution < 1.29 is 0 Å². The molecule has 0 fully saturated rings. The highest BCUT2D eigenvalue weighted by molar-refractivity contribution is 5.98. The van der Waals surface area contributed by atoms with Crippen LogP contribution in [0.4, 0.5) is 11.4 Å². The largest absolute Gasteiger partial charge is 0.399 e. The van der Waals surface area contributed by atoms with Crippen LogP contribution in [0.15, 0.2) is 77.9 Å². The van der Waals surface area contributed by atoms with Gasteiger partial charge in [-0.15, -0.1) is 0 Å². The fourth-order valence-electron chi connectivity index (χ4n) is 2.23. The molecular formula is C19H17N3. The van der Waals surface area contributed by atoms with E-state index in [4.69, 9.17) is 5.73 Å². The van der Waals surface area contributed by atoms with E-state index in [9.17, 15) is 0 Å². The smallest absolute Gasteiger partial charge is 0.0841 e. The fraction of sp³-hybridized carbons (Fsp3) is 0.0526. The van der Waals surface area contributed by atoms with E-state index in [1.165, 1.54) is 0 Å². The lowest BCUT2D eigenvalue weighted by molar-refractivity contribution is 1.28. The molecule has 0 atom stereocenters. The van der Waals surface area contributed by atoms with Gasteiger partial charge in [0, 0.05) is 11.9 Å². The highest BCUT2D eigenvalue weighted by Crippen LogP contribution is 2.23. The summed E-state index contributed by atoms with van der Waals surface area (Å²) in [4.78, 5) is 8.92. The van der Waals surface area contributed by atoms with Crippen molar-refractivity contribution in [2.45, 2.75) is 6.92 Å². The molecule has 108 valence electrons. The Hall–Kier alpha value is -2.94. The maximum absolute atomic E-state index is 5.72. The Labute approximate surface area is 130 Å². The third-order valence-electron chi connectivity index (χ3n) is 3.44. The van der Waals surface area contributed by atoms with E-state index < -0.39 is 0 Å². The zero-order valence-electron chi connectivity index (χ0n) is 12.4. The Morgan fingerprint density at radius 2 is 1.50 bits per heavy atom. The van der Waals surface area contributed by atoms with Crippen LogP contribution in [0.5, 0.6) is 0 Å². The van der Waals surface area contributed by atoms with Crippen molar-refractivity contribution in [2.75, 3.05) is 5.73 Å². The van der Waals surface area contributed by atoms with Gasteiger partial charge in [-0.25, -0.2) is 0 Å². The summed E-state index contributed by atoms with van der Waals surface area (Å²) < 4.78 is 0. The van der Waals surface area contributed by atoms with Crippen LogP contribution in [0.1, 0.15) is 12.6 Å². The molecular weight excluding hydrogens is 270 g/mol. The lowest BCUT2D eigenvalue weighted by atomic mass is 10.1. The van der Waals surface area contributed by atoms with Gasteiger partial charge in [-0.05, 0) is 54.4 Å². The van der Waals surface area contributed by atoms with E-state index in [0.717, 1.165) is 33.9 Å². The maximum Gasteiger partial charge on any atom is 0.0841 e. The minimum absolute atomic E-state index is 0.774. The first-order valence-corrected chi connectivity index (χ1v) is 7.15. The molecule has 0 aliphatic heterocycles. The van der Waals surface area contributed by atoms with Crippen molar-refractivity contribution in [3.05, 3.63) is 78.6 Å². The van der Waals surface area contributed by atoms with Crippen LogP contribution in [0.25, 0.3) is 11.1 Å². The number of hydrogen-bond donors (Lipinski definition) is 1. The third kappa shape index (κ3) is 3.20. The molecule has 0 aliphatic rings. The molecule has 2 N–H and O–H groups in total. The van der Waals surface area contributed by atoms with Gasteiger partial charge in [0.05, 0.1) is 17.1 Å². The second kappa shape index (κ2) is 6.22. The summed E-state index contributed by atoms with van der Waals surface area (Å²) >= 11 is 0. The number of anilines is 1. The molecule has 0 saturated heterocycles. The van der Waals surface area contributed by atoms with Crippen LogP contribution >= 0.6 is 0 Å². The molecule has 1 heterocycles. The Bertz CT molecular complexity index is 773. The third-order valence-corrected chi connectivity index (χ3v) is 3.44. The van der Waals surface area contributed by atoms with E-state index in [1.54, 1.807) is 6.20 Å². The van der Waals surface area contributed by atoms with E-state index in [0.29, 0.717) is 0 Å². The van der Waals surface area contributed by atoms with Crippen LogP contribution in [-0.2, 0) is 0 Å². The van der Waals surface area contributed by atoms with Gasteiger partial charge in [0.1, 0.15) is 0 Å². The standard InChI is InChI=1S/C19H17N3/c1-14(19-4-2-3-13-21-19)22-18-11-7-16(8-12-18)15-5-9-17(20)10-6-15/h2-13H,20H2,1H3. The normalized spacial score (nSPS) is 11.4. The fourth-order valence-corrected chi connectivity index (χ4v) is 2.23. The Kier molecular flexibility index (Phi) is 3.97. The van der Waals surface area contributed by atoms with Crippen molar-refractivity contribution in [3.8, 4) is 11.1 Å². The van der Waals surface area contributed by atoms with E-state index in [-0.39, 0.29) is 0 Å². The number of nitrogen functional groups attached to an aromatic ring is 1. The van der Waals surface area contributed by atoms with Gasteiger partial charge in [0.15, 0.2) is 0 Å². The highest BCUT2D eigenvalue weighted by Gasteiger charge is 2.00. The molecule has 0 saturated carbocycles. The van der Waals surface area contributed by atoms with E-state index >= 15 is 0 Å². The monoisotopic (exact) mass is 287 g/mol. The molecule has 2 aromatic carbocycles. The number of rotatable bonds is 3. The Morgan fingerprint density at radius 1 is 0.864 bits per heavy atom. The van der Waals surface area contributed by atoms with Crippen LogP contribution in [0.2, 0.25) is 0 Å². The van der Waals surface area contributed by atoms with Crippen LogP contribution in [-0.4, -0.2) is 10.7 Å². The number of hydrogen-bond acceptors (Lipinski definition) is 3. The van der Waals surface area contributed by atoms with Gasteiger partial charge in [-0.2, -0.15) is 0 Å². The van der Waals surface area contributed by atoms with Crippen molar-refractivity contribution in [3.63, 3.8) is 0 Å². The van der Waals surface area contributed by atoms with Crippen LogP contribution in [0, 0.1) is 0 Å². The van der Waals surface area contributed by atoms with Gasteiger partial charge >= 0.3 is 0 Å². The van der Waals surface area contributed by atoms with Crippen LogP contribution in [0.3, 0.4) is 0 Å². The van der Waals surface area contributed by atoms with Gasteiger partial charge in [0.25, 0.3) is 0 Å². The van der Waals surface area contributed by atoms with Crippen molar-refractivity contribution >= 4 is 17.1 Å². The summed E-state index contributed by atoms with van der Waals surface area (Å²) in [6, 6.07) is 21.8. The summed E-state index contributed by atoms with van der Waals surface area (Å²) in [6.07, 6.45) is 1.78. The number of aliphatic imine (C=N–C) groups is 1. The molecule has 0 spiro atoms. The summed E-state index contributed by atoms with van der Waals surface area (Å²) in [7, 11) is 0. The maximum atomic E-state index is 5.72. The number of aromatic nitrogens is 1. The Balaban J connectivity index is 1.84. The molecule has 22 heavy (non-hydrogen) atoms. The molecule has 3 heteroatoms. The number of nitrogens with two attached hydrogens (primary N) is 1. The van der Waals surface area contributed by atoms with Gasteiger partial charge in [-0.3, -0.25) is 9.98 Å². The minimum Gasteiger partial charge on any atom is -0.399 e. The number of pyridine rings is 1. The molecule has 1 aromatic heterocycles. The second-order valence-corrected chi connectivity index (χ2v) is 5.08. The number of benzene rings is 2. The predicted octanol–water partition coefficient (Wildman–Crippen LogP) is 4.47. The van der Waals surface area contributed by atoms with Crippen molar-refractivity contribution in [1.29, 1.82) is 0 Å². The SMILES string of the molecule is CC(=Nc1ccc(-c2ccc(N)cc2)cc1)c1ccccn1. The lowest BCUT2D eigenvalue weighted by Crippen LogP contribution is -1.96. The molecule has 0 bridgehead atoms. The van der Waals surface area contributed by atoms with Crippen molar-refractivity contribution in [1.82, 2.24) is 4.98 Å². The van der Waals surface area contributed by atoms with E-state index in [2.05, 4.69) is 22.1 Å². The van der Waals surface area contributed by atoms with Gasteiger partial charge in [-0.1, -0.05) is 30.3 Å². The molecule has 0 aliphatic carbocycles. The summed E-state index contributed by atoms with van der Waals surface area (Å²) in [5.74, 6) is 0. The predicted molar refractivity (Wildman–Crippen MR) is 92.4 cm³/mol. The molecule has 3 nitrogen and oxygen atoms in total. The second-order valence-electron chi connectivity index (χ2n) is 5.08. The first-order valence-electron chi connectivity index (χ1n) is 7.15. The van der Waals surface area contributed by atoms with Gasteiger partial charge < -0.3 is 5.73 Å². The molecule has 0 amide bonds. The quantitative estimate of drug-likeness (QED) is 0.570. The first kappa shape index (κ1) is 14.0. The van der Waals surface area contributed by atoms with Crippen molar-refractivity contribution in [2.24, 2.45) is 4.99 Å². The molecule has 3 rings (SSSR count). The average Bonchev–Trinajstić information content (AvgIpc) is 2.57. The topological polar surface area (TPSA) is 51.3 Å². The first-order chi connectivity index (χ1) is 10.7. The molecule has 0 radical (unpaired) electrons. The minimum atomic E-state index is 0.774. The number of nitrogens with zero attached hydrogens (tertiary/aromatic N) is 2. The highest BCUT2D eigenvalue weighted by atomic mass is 14.8. The average molecular weight is 287 g/mol. The summed E-state index contributed by atoms with van der Waals surface area (Å²) in [6.45, 7) is 1.97. The zero-order valence-corrected chi connectivity index (χ0v) is 12.4. The van der Waals surface area contributed by atoms with Crippen LogP contribution < -0.4 is 5.73 Å². The summed E-state index contributed by atoms with van der Waals surface area (Å²) in [5.41, 5.74) is 11.5. The molecule has 3 aromatic rings. The van der Waals surface area contributed by atoms with Gasteiger partial charge in [0.2, 0.25) is 0 Å². The zero-order chi connectivity index (χ0) is 15.4. The Morgan fingerprint density at radius 3 is 2.09 bits per heavy atom. The lowest BCUT2D eigenvalue weighted by Gasteiger charge is -2.04. The summed E-state index contributed by atoms with van der Waals surface area (Å²) in [5, 5.41) is 0. The molecule has 0 unspecified atom stereocenters. The van der Waals surface area contributed by atoms with E-state index in [1.807, 2.05) is 61.5 Å².